The van der Waals surface area contributed by atoms with Crippen LogP contribution in [-0.2, 0) is 17.6 Å². The summed E-state index contributed by atoms with van der Waals surface area (Å²) in [5.41, 5.74) is 5.10. The quantitative estimate of drug-likeness (QED) is 0.863. The minimum atomic E-state index is -0.195. The van der Waals surface area contributed by atoms with E-state index in [1.807, 2.05) is 11.8 Å². The number of amides is 1. The van der Waals surface area contributed by atoms with Gasteiger partial charge in [-0.05, 0) is 62.4 Å². The van der Waals surface area contributed by atoms with Crippen molar-refractivity contribution < 1.29 is 9.53 Å². The molecule has 4 heteroatoms. The standard InChI is InChI=1S/C18H24N2O2/c1-4-22-17(21)20-9-6-13-11-15-5-8-18(2,3)19-16(15)12-14(13)7-10-20/h5,8,11-12,19H,4,6-7,9-10H2,1-3H3. The lowest BCUT2D eigenvalue weighted by atomic mass is 9.92. The van der Waals surface area contributed by atoms with Gasteiger partial charge in [-0.1, -0.05) is 12.2 Å². The molecule has 2 aliphatic rings. The number of hydrogen-bond donors (Lipinski definition) is 1. The van der Waals surface area contributed by atoms with Gasteiger partial charge in [0.25, 0.3) is 0 Å². The first kappa shape index (κ1) is 14.9. The van der Waals surface area contributed by atoms with E-state index in [4.69, 9.17) is 4.74 Å². The van der Waals surface area contributed by atoms with Crippen LogP contribution in [0.3, 0.4) is 0 Å². The van der Waals surface area contributed by atoms with Gasteiger partial charge in [0.1, 0.15) is 0 Å². The van der Waals surface area contributed by atoms with Gasteiger partial charge in [0, 0.05) is 18.8 Å². The molecular weight excluding hydrogens is 276 g/mol. The first-order valence-electron chi connectivity index (χ1n) is 8.03. The van der Waals surface area contributed by atoms with Gasteiger partial charge in [0.15, 0.2) is 0 Å². The summed E-state index contributed by atoms with van der Waals surface area (Å²) >= 11 is 0. The third-order valence-electron chi connectivity index (χ3n) is 4.34. The molecule has 4 nitrogen and oxygen atoms in total. The molecule has 3 rings (SSSR count). The SMILES string of the molecule is CCOC(=O)N1CCc2cc3c(cc2CC1)NC(C)(C)C=C3. The summed E-state index contributed by atoms with van der Waals surface area (Å²) in [4.78, 5) is 13.7. The number of fused-ring (bicyclic) bond motifs is 2. The van der Waals surface area contributed by atoms with E-state index in [0.717, 1.165) is 25.9 Å². The molecule has 22 heavy (non-hydrogen) atoms. The molecule has 0 radical (unpaired) electrons. The van der Waals surface area contributed by atoms with Crippen LogP contribution in [0.4, 0.5) is 10.5 Å². The minimum Gasteiger partial charge on any atom is -0.450 e. The number of benzene rings is 1. The molecule has 0 unspecified atom stereocenters. The Balaban J connectivity index is 1.82. The Morgan fingerprint density at radius 3 is 2.64 bits per heavy atom. The minimum absolute atomic E-state index is 0.0110. The maximum Gasteiger partial charge on any atom is 0.409 e. The summed E-state index contributed by atoms with van der Waals surface area (Å²) in [6, 6.07) is 4.52. The molecule has 0 aromatic heterocycles. The van der Waals surface area contributed by atoms with Crippen LogP contribution in [0.2, 0.25) is 0 Å². The number of rotatable bonds is 1. The number of carbonyl (C=O) groups excluding carboxylic acids is 1. The normalized spacial score (nSPS) is 18.8. The van der Waals surface area contributed by atoms with Gasteiger partial charge in [0.2, 0.25) is 0 Å². The lowest BCUT2D eigenvalue weighted by molar-refractivity contribution is 0.109. The van der Waals surface area contributed by atoms with E-state index in [0.29, 0.717) is 6.61 Å². The van der Waals surface area contributed by atoms with E-state index in [2.05, 4.69) is 43.4 Å². The summed E-state index contributed by atoms with van der Waals surface area (Å²) in [6.07, 6.45) is 5.97. The van der Waals surface area contributed by atoms with Gasteiger partial charge in [-0.25, -0.2) is 4.79 Å². The zero-order valence-corrected chi connectivity index (χ0v) is 13.6. The van der Waals surface area contributed by atoms with E-state index in [-0.39, 0.29) is 11.6 Å². The number of hydrogen-bond acceptors (Lipinski definition) is 3. The molecule has 0 aliphatic carbocycles. The van der Waals surface area contributed by atoms with Crippen molar-refractivity contribution in [2.75, 3.05) is 25.0 Å². The predicted octanol–water partition coefficient (Wildman–Crippen LogP) is 3.46. The zero-order chi connectivity index (χ0) is 15.7. The summed E-state index contributed by atoms with van der Waals surface area (Å²) in [5.74, 6) is 0. The summed E-state index contributed by atoms with van der Waals surface area (Å²) in [5, 5.41) is 3.57. The Morgan fingerprint density at radius 1 is 1.27 bits per heavy atom. The molecule has 0 bridgehead atoms. The van der Waals surface area contributed by atoms with Crippen molar-refractivity contribution >= 4 is 17.9 Å². The number of ether oxygens (including phenoxy) is 1. The van der Waals surface area contributed by atoms with Crippen molar-refractivity contribution in [2.24, 2.45) is 0 Å². The van der Waals surface area contributed by atoms with Crippen LogP contribution in [0.15, 0.2) is 18.2 Å². The fourth-order valence-electron chi connectivity index (χ4n) is 3.13. The molecule has 0 saturated carbocycles. The van der Waals surface area contributed by atoms with Crippen molar-refractivity contribution in [3.8, 4) is 0 Å². The zero-order valence-electron chi connectivity index (χ0n) is 13.6. The Labute approximate surface area is 132 Å². The molecule has 2 heterocycles. The summed E-state index contributed by atoms with van der Waals surface area (Å²) < 4.78 is 5.13. The average molecular weight is 300 g/mol. The van der Waals surface area contributed by atoms with Crippen molar-refractivity contribution in [1.82, 2.24) is 4.90 Å². The maximum atomic E-state index is 11.9. The lowest BCUT2D eigenvalue weighted by Gasteiger charge is -2.29. The van der Waals surface area contributed by atoms with Gasteiger partial charge in [0.05, 0.1) is 12.1 Å². The van der Waals surface area contributed by atoms with Crippen LogP contribution in [0.5, 0.6) is 0 Å². The van der Waals surface area contributed by atoms with Crippen LogP contribution >= 0.6 is 0 Å². The van der Waals surface area contributed by atoms with E-state index < -0.39 is 0 Å². The number of anilines is 1. The van der Waals surface area contributed by atoms with Gasteiger partial charge >= 0.3 is 6.09 Å². The predicted molar refractivity (Wildman–Crippen MR) is 89.2 cm³/mol. The van der Waals surface area contributed by atoms with Crippen molar-refractivity contribution in [1.29, 1.82) is 0 Å². The van der Waals surface area contributed by atoms with Gasteiger partial charge in [-0.2, -0.15) is 0 Å². The van der Waals surface area contributed by atoms with Crippen molar-refractivity contribution in [3.63, 3.8) is 0 Å². The Bertz CT molecular complexity index is 620. The van der Waals surface area contributed by atoms with Crippen molar-refractivity contribution in [3.05, 3.63) is 34.9 Å². The molecular formula is C18H24N2O2. The van der Waals surface area contributed by atoms with E-state index in [9.17, 15) is 4.79 Å². The van der Waals surface area contributed by atoms with Crippen LogP contribution in [0.25, 0.3) is 6.08 Å². The Morgan fingerprint density at radius 2 is 1.95 bits per heavy atom. The van der Waals surface area contributed by atoms with Gasteiger partial charge < -0.3 is 15.0 Å². The fourth-order valence-corrected chi connectivity index (χ4v) is 3.13. The summed E-state index contributed by atoms with van der Waals surface area (Å²) in [6.45, 7) is 8.07. The molecule has 118 valence electrons. The van der Waals surface area contributed by atoms with Gasteiger partial charge in [-0.15, -0.1) is 0 Å². The highest BCUT2D eigenvalue weighted by Gasteiger charge is 2.23. The highest BCUT2D eigenvalue weighted by molar-refractivity contribution is 5.74. The lowest BCUT2D eigenvalue weighted by Crippen LogP contribution is -2.33. The topological polar surface area (TPSA) is 41.6 Å². The highest BCUT2D eigenvalue weighted by Crippen LogP contribution is 2.32. The molecule has 0 saturated heterocycles. The smallest absolute Gasteiger partial charge is 0.409 e. The third kappa shape index (κ3) is 2.96. The second-order valence-electron chi connectivity index (χ2n) is 6.57. The largest absolute Gasteiger partial charge is 0.450 e. The Kier molecular flexibility index (Phi) is 3.85. The molecule has 2 aliphatic heterocycles. The maximum absolute atomic E-state index is 11.9. The van der Waals surface area contributed by atoms with Crippen LogP contribution in [0.1, 0.15) is 37.5 Å². The number of carbonyl (C=O) groups is 1. The number of nitrogens with zero attached hydrogens (tertiary/aromatic N) is 1. The van der Waals surface area contributed by atoms with E-state index in [1.54, 1.807) is 0 Å². The van der Waals surface area contributed by atoms with Crippen LogP contribution in [0, 0.1) is 0 Å². The molecule has 1 aromatic rings. The second-order valence-corrected chi connectivity index (χ2v) is 6.57. The van der Waals surface area contributed by atoms with E-state index in [1.165, 1.54) is 22.4 Å². The van der Waals surface area contributed by atoms with Crippen molar-refractivity contribution in [2.45, 2.75) is 39.2 Å². The fraction of sp³-hybridized carbons (Fsp3) is 0.500. The van der Waals surface area contributed by atoms with E-state index >= 15 is 0 Å². The first-order valence-corrected chi connectivity index (χ1v) is 8.03. The molecule has 0 spiro atoms. The second kappa shape index (κ2) is 5.67. The third-order valence-corrected chi connectivity index (χ3v) is 4.34. The molecule has 0 fully saturated rings. The molecule has 1 N–H and O–H groups in total. The molecule has 0 atom stereocenters. The first-order chi connectivity index (χ1) is 10.5. The van der Waals surface area contributed by atoms with Crippen LogP contribution in [-0.4, -0.2) is 36.2 Å². The van der Waals surface area contributed by atoms with Gasteiger partial charge in [-0.3, -0.25) is 0 Å². The number of nitrogens with one attached hydrogen (secondary N) is 1. The monoisotopic (exact) mass is 300 g/mol. The molecule has 1 amide bonds. The molecule has 1 aromatic carbocycles. The van der Waals surface area contributed by atoms with Crippen LogP contribution < -0.4 is 5.32 Å². The highest BCUT2D eigenvalue weighted by atomic mass is 16.6. The average Bonchev–Trinajstić information content (AvgIpc) is 2.66. The Hall–Kier alpha value is -1.97. The summed E-state index contributed by atoms with van der Waals surface area (Å²) in [7, 11) is 0.